The number of ether oxygens (including phenoxy) is 1. The number of hydrogen-bond donors (Lipinski definition) is 1. The summed E-state index contributed by atoms with van der Waals surface area (Å²) in [4.78, 5) is 0. The van der Waals surface area contributed by atoms with Crippen molar-refractivity contribution in [3.05, 3.63) is 65.5 Å². The SMILES string of the molecule is COc1ccccc1C(C)(O)Cc1ccccc1F. The predicted octanol–water partition coefficient (Wildman–Crippen LogP) is 3.28. The zero-order valence-corrected chi connectivity index (χ0v) is 11.1. The van der Waals surface area contributed by atoms with Gasteiger partial charge in [-0.2, -0.15) is 0 Å². The van der Waals surface area contributed by atoms with Gasteiger partial charge < -0.3 is 9.84 Å². The van der Waals surface area contributed by atoms with Crippen LogP contribution in [0, 0.1) is 5.82 Å². The van der Waals surface area contributed by atoms with E-state index in [4.69, 9.17) is 4.74 Å². The largest absolute Gasteiger partial charge is 0.496 e. The van der Waals surface area contributed by atoms with Crippen molar-refractivity contribution in [2.24, 2.45) is 0 Å². The lowest BCUT2D eigenvalue weighted by Gasteiger charge is -2.26. The van der Waals surface area contributed by atoms with Crippen LogP contribution in [0.25, 0.3) is 0 Å². The third-order valence-corrected chi connectivity index (χ3v) is 3.18. The molecule has 0 spiro atoms. The molecular formula is C16H17FO2. The molecule has 0 radical (unpaired) electrons. The van der Waals surface area contributed by atoms with E-state index in [0.717, 1.165) is 0 Å². The van der Waals surface area contributed by atoms with Crippen molar-refractivity contribution in [1.82, 2.24) is 0 Å². The van der Waals surface area contributed by atoms with E-state index in [1.807, 2.05) is 12.1 Å². The Balaban J connectivity index is 2.35. The highest BCUT2D eigenvalue weighted by molar-refractivity contribution is 5.38. The Labute approximate surface area is 112 Å². The van der Waals surface area contributed by atoms with Crippen molar-refractivity contribution < 1.29 is 14.2 Å². The van der Waals surface area contributed by atoms with Crippen LogP contribution in [0.2, 0.25) is 0 Å². The highest BCUT2D eigenvalue weighted by Gasteiger charge is 2.27. The summed E-state index contributed by atoms with van der Waals surface area (Å²) in [6, 6.07) is 13.7. The van der Waals surface area contributed by atoms with Crippen LogP contribution in [0.4, 0.5) is 4.39 Å². The Morgan fingerprint density at radius 2 is 1.74 bits per heavy atom. The maximum atomic E-state index is 13.7. The second-order valence-corrected chi connectivity index (χ2v) is 4.74. The molecule has 0 bridgehead atoms. The Kier molecular flexibility index (Phi) is 3.86. The molecule has 0 aliphatic heterocycles. The molecule has 0 heterocycles. The Morgan fingerprint density at radius 1 is 1.11 bits per heavy atom. The maximum absolute atomic E-state index is 13.7. The molecule has 0 saturated heterocycles. The Morgan fingerprint density at radius 3 is 2.42 bits per heavy atom. The fraction of sp³-hybridized carbons (Fsp3) is 0.250. The quantitative estimate of drug-likeness (QED) is 0.914. The lowest BCUT2D eigenvalue weighted by atomic mass is 9.88. The lowest BCUT2D eigenvalue weighted by Crippen LogP contribution is -2.25. The van der Waals surface area contributed by atoms with Gasteiger partial charge in [-0.3, -0.25) is 0 Å². The van der Waals surface area contributed by atoms with Crippen molar-refractivity contribution in [3.8, 4) is 5.75 Å². The van der Waals surface area contributed by atoms with E-state index < -0.39 is 5.60 Å². The number of para-hydroxylation sites is 1. The minimum Gasteiger partial charge on any atom is -0.496 e. The van der Waals surface area contributed by atoms with Gasteiger partial charge in [0.2, 0.25) is 0 Å². The van der Waals surface area contributed by atoms with Gasteiger partial charge in [0.05, 0.1) is 12.7 Å². The van der Waals surface area contributed by atoms with Gasteiger partial charge in [0, 0.05) is 12.0 Å². The molecule has 0 fully saturated rings. The van der Waals surface area contributed by atoms with Gasteiger partial charge in [-0.1, -0.05) is 36.4 Å². The summed E-state index contributed by atoms with van der Waals surface area (Å²) in [6.45, 7) is 1.66. The van der Waals surface area contributed by atoms with Crippen molar-refractivity contribution in [2.75, 3.05) is 7.11 Å². The van der Waals surface area contributed by atoms with Crippen molar-refractivity contribution in [2.45, 2.75) is 18.9 Å². The molecule has 19 heavy (non-hydrogen) atoms. The third kappa shape index (κ3) is 2.93. The summed E-state index contributed by atoms with van der Waals surface area (Å²) in [5, 5.41) is 10.6. The average molecular weight is 260 g/mol. The minimum absolute atomic E-state index is 0.194. The van der Waals surface area contributed by atoms with E-state index >= 15 is 0 Å². The van der Waals surface area contributed by atoms with Crippen molar-refractivity contribution in [1.29, 1.82) is 0 Å². The minimum atomic E-state index is -1.19. The molecule has 2 rings (SSSR count). The fourth-order valence-electron chi connectivity index (χ4n) is 2.20. The molecule has 0 aliphatic rings. The molecule has 2 nitrogen and oxygen atoms in total. The van der Waals surface area contributed by atoms with Crippen LogP contribution in [0.3, 0.4) is 0 Å². The zero-order chi connectivity index (χ0) is 13.9. The average Bonchev–Trinajstić information content (AvgIpc) is 2.41. The topological polar surface area (TPSA) is 29.5 Å². The third-order valence-electron chi connectivity index (χ3n) is 3.18. The predicted molar refractivity (Wildman–Crippen MR) is 72.7 cm³/mol. The standard InChI is InChI=1S/C16H17FO2/c1-16(18,11-12-7-3-5-9-14(12)17)13-8-4-6-10-15(13)19-2/h3-10,18H,11H2,1-2H3. The van der Waals surface area contributed by atoms with E-state index in [0.29, 0.717) is 16.9 Å². The van der Waals surface area contributed by atoms with Gasteiger partial charge in [0.1, 0.15) is 11.6 Å². The molecule has 1 atom stereocenters. The number of halogens is 1. The van der Waals surface area contributed by atoms with Gasteiger partial charge >= 0.3 is 0 Å². The van der Waals surface area contributed by atoms with E-state index in [1.54, 1.807) is 44.4 Å². The van der Waals surface area contributed by atoms with Gasteiger partial charge in [-0.05, 0) is 24.6 Å². The van der Waals surface area contributed by atoms with Gasteiger partial charge in [0.25, 0.3) is 0 Å². The van der Waals surface area contributed by atoms with Gasteiger partial charge in [0.15, 0.2) is 0 Å². The van der Waals surface area contributed by atoms with E-state index in [2.05, 4.69) is 0 Å². The molecular weight excluding hydrogens is 243 g/mol. The summed E-state index contributed by atoms with van der Waals surface area (Å²) >= 11 is 0. The van der Waals surface area contributed by atoms with Crippen LogP contribution in [0.5, 0.6) is 5.75 Å². The van der Waals surface area contributed by atoms with Crippen LogP contribution in [0.1, 0.15) is 18.1 Å². The van der Waals surface area contributed by atoms with E-state index in [9.17, 15) is 9.50 Å². The molecule has 1 N–H and O–H groups in total. The first kappa shape index (κ1) is 13.6. The summed E-state index contributed by atoms with van der Waals surface area (Å²) in [5.41, 5.74) is -0.0476. The summed E-state index contributed by atoms with van der Waals surface area (Å²) in [6.07, 6.45) is 0.194. The summed E-state index contributed by atoms with van der Waals surface area (Å²) in [7, 11) is 1.55. The monoisotopic (exact) mass is 260 g/mol. The molecule has 0 saturated carbocycles. The number of rotatable bonds is 4. The zero-order valence-electron chi connectivity index (χ0n) is 11.1. The molecule has 0 aliphatic carbocycles. The molecule has 2 aromatic carbocycles. The Hall–Kier alpha value is -1.87. The molecule has 0 aromatic heterocycles. The normalized spacial score (nSPS) is 13.9. The Bertz CT molecular complexity index is 564. The van der Waals surface area contributed by atoms with E-state index in [-0.39, 0.29) is 12.2 Å². The van der Waals surface area contributed by atoms with E-state index in [1.165, 1.54) is 6.07 Å². The van der Waals surface area contributed by atoms with Crippen LogP contribution in [-0.4, -0.2) is 12.2 Å². The van der Waals surface area contributed by atoms with Crippen LogP contribution < -0.4 is 4.74 Å². The number of hydrogen-bond acceptors (Lipinski definition) is 2. The smallest absolute Gasteiger partial charge is 0.126 e. The summed E-state index contributed by atoms with van der Waals surface area (Å²) in [5.74, 6) is 0.293. The van der Waals surface area contributed by atoms with Gasteiger partial charge in [-0.25, -0.2) is 4.39 Å². The number of aliphatic hydroxyl groups is 1. The van der Waals surface area contributed by atoms with Crippen LogP contribution in [-0.2, 0) is 12.0 Å². The first-order chi connectivity index (χ1) is 9.04. The molecule has 100 valence electrons. The van der Waals surface area contributed by atoms with Crippen molar-refractivity contribution in [3.63, 3.8) is 0 Å². The molecule has 1 unspecified atom stereocenters. The van der Waals surface area contributed by atoms with Crippen molar-refractivity contribution >= 4 is 0 Å². The maximum Gasteiger partial charge on any atom is 0.126 e. The number of benzene rings is 2. The second kappa shape index (κ2) is 5.41. The highest BCUT2D eigenvalue weighted by Crippen LogP contribution is 2.32. The van der Waals surface area contributed by atoms with Crippen LogP contribution >= 0.6 is 0 Å². The molecule has 3 heteroatoms. The fourth-order valence-corrected chi connectivity index (χ4v) is 2.20. The van der Waals surface area contributed by atoms with Crippen LogP contribution in [0.15, 0.2) is 48.5 Å². The first-order valence-corrected chi connectivity index (χ1v) is 6.14. The first-order valence-electron chi connectivity index (χ1n) is 6.14. The molecule has 2 aromatic rings. The molecule has 0 amide bonds. The van der Waals surface area contributed by atoms with Gasteiger partial charge in [-0.15, -0.1) is 0 Å². The highest BCUT2D eigenvalue weighted by atomic mass is 19.1. The number of methoxy groups -OCH3 is 1. The lowest BCUT2D eigenvalue weighted by molar-refractivity contribution is 0.0540. The second-order valence-electron chi connectivity index (χ2n) is 4.74. The summed E-state index contributed by atoms with van der Waals surface area (Å²) < 4.78 is 18.9.